The molecule has 1 aromatic rings. The summed E-state index contributed by atoms with van der Waals surface area (Å²) in [6.45, 7) is -2.08. The van der Waals surface area contributed by atoms with Crippen LogP contribution in [0.5, 0.6) is 0 Å². The number of rotatable bonds is 7. The van der Waals surface area contributed by atoms with Gasteiger partial charge >= 0.3 is 6.18 Å². The van der Waals surface area contributed by atoms with E-state index in [2.05, 4.69) is 10.1 Å². The minimum Gasteiger partial charge on any atom is -0.362 e. The molecule has 1 amide bonds. The first-order chi connectivity index (χ1) is 9.40. The Bertz CT molecular complexity index is 412. The lowest BCUT2D eigenvalue weighted by Gasteiger charge is -2.16. The van der Waals surface area contributed by atoms with E-state index in [0.29, 0.717) is 6.42 Å². The highest BCUT2D eigenvalue weighted by molar-refractivity contribution is 6.18. The number of hydrogen-bond acceptors (Lipinski definition) is 2. The molecule has 0 fully saturated rings. The van der Waals surface area contributed by atoms with Crippen molar-refractivity contribution in [2.24, 2.45) is 0 Å². The average molecular weight is 310 g/mol. The second-order valence-corrected chi connectivity index (χ2v) is 4.53. The number of ether oxygens (including phenoxy) is 1. The molecule has 0 saturated heterocycles. The zero-order valence-electron chi connectivity index (χ0n) is 10.6. The van der Waals surface area contributed by atoms with Gasteiger partial charge in [0.25, 0.3) is 0 Å². The van der Waals surface area contributed by atoms with Gasteiger partial charge in [0.05, 0.1) is 0 Å². The summed E-state index contributed by atoms with van der Waals surface area (Å²) >= 11 is 5.73. The Morgan fingerprint density at radius 3 is 2.50 bits per heavy atom. The van der Waals surface area contributed by atoms with Crippen LogP contribution in [-0.2, 0) is 16.0 Å². The lowest BCUT2D eigenvalue weighted by Crippen LogP contribution is -2.40. The first-order valence-electron chi connectivity index (χ1n) is 5.94. The fourth-order valence-corrected chi connectivity index (χ4v) is 1.76. The number of amides is 1. The molecular weight excluding hydrogens is 295 g/mol. The summed E-state index contributed by atoms with van der Waals surface area (Å²) in [6, 6.07) is 8.99. The monoisotopic (exact) mass is 309 g/mol. The van der Waals surface area contributed by atoms with Crippen molar-refractivity contribution in [1.82, 2.24) is 5.32 Å². The molecule has 0 aromatic heterocycles. The van der Waals surface area contributed by atoms with Crippen LogP contribution < -0.4 is 5.32 Å². The molecule has 0 spiro atoms. The summed E-state index contributed by atoms with van der Waals surface area (Å²) < 4.78 is 39.8. The normalized spacial score (nSPS) is 13.0. The van der Waals surface area contributed by atoms with Gasteiger partial charge in [-0.05, 0) is 12.0 Å². The van der Waals surface area contributed by atoms with Crippen molar-refractivity contribution in [2.45, 2.75) is 18.6 Å². The van der Waals surface area contributed by atoms with Gasteiger partial charge in [-0.15, -0.1) is 11.6 Å². The maximum atomic E-state index is 11.8. The minimum absolute atomic E-state index is 0.167. The SMILES string of the molecule is O=C(COCC(F)(F)F)NC(CCl)Cc1ccccc1. The zero-order valence-corrected chi connectivity index (χ0v) is 11.4. The number of carbonyl (C=O) groups excluding carboxylic acids is 1. The van der Waals surface area contributed by atoms with Crippen molar-refractivity contribution in [3.8, 4) is 0 Å². The Morgan fingerprint density at radius 1 is 1.30 bits per heavy atom. The van der Waals surface area contributed by atoms with Crippen molar-refractivity contribution in [1.29, 1.82) is 0 Å². The number of halogens is 4. The second kappa shape index (κ2) is 8.11. The third-order valence-electron chi connectivity index (χ3n) is 2.38. The maximum absolute atomic E-state index is 11.8. The number of alkyl halides is 4. The first kappa shape index (κ1) is 16.8. The molecule has 0 bridgehead atoms. The summed E-state index contributed by atoms with van der Waals surface area (Å²) in [6.07, 6.45) is -3.93. The fraction of sp³-hybridized carbons (Fsp3) is 0.462. The predicted molar refractivity (Wildman–Crippen MR) is 69.7 cm³/mol. The van der Waals surface area contributed by atoms with Gasteiger partial charge < -0.3 is 10.1 Å². The van der Waals surface area contributed by atoms with Crippen LogP contribution in [0.15, 0.2) is 30.3 Å². The second-order valence-electron chi connectivity index (χ2n) is 4.22. The average Bonchev–Trinajstić information content (AvgIpc) is 2.37. The van der Waals surface area contributed by atoms with Crippen molar-refractivity contribution < 1.29 is 22.7 Å². The molecule has 3 nitrogen and oxygen atoms in total. The Hall–Kier alpha value is -1.27. The van der Waals surface area contributed by atoms with Crippen LogP contribution in [-0.4, -0.2) is 37.2 Å². The topological polar surface area (TPSA) is 38.3 Å². The predicted octanol–water partition coefficient (Wildman–Crippen LogP) is 2.53. The van der Waals surface area contributed by atoms with Gasteiger partial charge in [0, 0.05) is 11.9 Å². The summed E-state index contributed by atoms with van der Waals surface area (Å²) in [5.74, 6) is -0.448. The van der Waals surface area contributed by atoms with E-state index in [-0.39, 0.29) is 11.9 Å². The summed E-state index contributed by atoms with van der Waals surface area (Å²) in [5.41, 5.74) is 0.981. The van der Waals surface area contributed by atoms with Crippen molar-refractivity contribution in [3.63, 3.8) is 0 Å². The lowest BCUT2D eigenvalue weighted by atomic mass is 10.1. The molecule has 0 radical (unpaired) electrons. The highest BCUT2D eigenvalue weighted by atomic mass is 35.5. The fourth-order valence-electron chi connectivity index (χ4n) is 1.57. The Balaban J connectivity index is 2.34. The minimum atomic E-state index is -4.43. The van der Waals surface area contributed by atoms with Crippen molar-refractivity contribution >= 4 is 17.5 Å². The standard InChI is InChI=1S/C13H15ClF3NO2/c14-7-11(6-10-4-2-1-3-5-10)18-12(19)8-20-9-13(15,16)17/h1-5,11H,6-9H2,(H,18,19). The summed E-state index contributed by atoms with van der Waals surface area (Å²) in [7, 11) is 0. The van der Waals surface area contributed by atoms with E-state index in [1.165, 1.54) is 0 Å². The van der Waals surface area contributed by atoms with Crippen LogP contribution in [0, 0.1) is 0 Å². The molecular formula is C13H15ClF3NO2. The number of nitrogens with one attached hydrogen (secondary N) is 1. The molecule has 1 rings (SSSR count). The molecule has 1 unspecified atom stereocenters. The lowest BCUT2D eigenvalue weighted by molar-refractivity contribution is -0.175. The third kappa shape index (κ3) is 7.35. The Labute approximate surface area is 120 Å². The summed E-state index contributed by atoms with van der Waals surface area (Å²) in [5, 5.41) is 2.54. The van der Waals surface area contributed by atoms with E-state index in [1.54, 1.807) is 0 Å². The molecule has 0 aliphatic carbocycles. The number of hydrogen-bond donors (Lipinski definition) is 1. The van der Waals surface area contributed by atoms with Gasteiger partial charge in [-0.2, -0.15) is 13.2 Å². The molecule has 112 valence electrons. The van der Waals surface area contributed by atoms with E-state index in [4.69, 9.17) is 11.6 Å². The van der Waals surface area contributed by atoms with Gasteiger partial charge in [-0.1, -0.05) is 30.3 Å². The quantitative estimate of drug-likeness (QED) is 0.786. The largest absolute Gasteiger partial charge is 0.411 e. The molecule has 0 heterocycles. The zero-order chi connectivity index (χ0) is 15.0. The first-order valence-corrected chi connectivity index (χ1v) is 6.48. The van der Waals surface area contributed by atoms with E-state index < -0.39 is 25.3 Å². The summed E-state index contributed by atoms with van der Waals surface area (Å²) in [4.78, 5) is 11.4. The third-order valence-corrected chi connectivity index (χ3v) is 2.75. The van der Waals surface area contributed by atoms with E-state index >= 15 is 0 Å². The van der Waals surface area contributed by atoms with Gasteiger partial charge in [-0.25, -0.2) is 0 Å². The molecule has 1 aromatic carbocycles. The van der Waals surface area contributed by atoms with Crippen LogP contribution in [0.3, 0.4) is 0 Å². The molecule has 7 heteroatoms. The van der Waals surface area contributed by atoms with Crippen LogP contribution in [0.4, 0.5) is 13.2 Å². The van der Waals surface area contributed by atoms with Crippen LogP contribution in [0.1, 0.15) is 5.56 Å². The van der Waals surface area contributed by atoms with Gasteiger partial charge in [0.15, 0.2) is 0 Å². The van der Waals surface area contributed by atoms with Crippen LogP contribution in [0.2, 0.25) is 0 Å². The Morgan fingerprint density at radius 2 is 1.95 bits per heavy atom. The molecule has 1 N–H and O–H groups in total. The Kier molecular flexibility index (Phi) is 6.81. The van der Waals surface area contributed by atoms with Gasteiger partial charge in [0.2, 0.25) is 5.91 Å². The highest BCUT2D eigenvalue weighted by Gasteiger charge is 2.27. The maximum Gasteiger partial charge on any atom is 0.411 e. The smallest absolute Gasteiger partial charge is 0.362 e. The van der Waals surface area contributed by atoms with Crippen molar-refractivity contribution in [2.75, 3.05) is 19.1 Å². The molecule has 0 aliphatic rings. The highest BCUT2D eigenvalue weighted by Crippen LogP contribution is 2.14. The van der Waals surface area contributed by atoms with Crippen molar-refractivity contribution in [3.05, 3.63) is 35.9 Å². The number of carbonyl (C=O) groups is 1. The molecule has 0 saturated carbocycles. The van der Waals surface area contributed by atoms with Crippen LogP contribution >= 0.6 is 11.6 Å². The van der Waals surface area contributed by atoms with E-state index in [0.717, 1.165) is 5.56 Å². The number of benzene rings is 1. The van der Waals surface area contributed by atoms with Crippen LogP contribution in [0.25, 0.3) is 0 Å². The van der Waals surface area contributed by atoms with Gasteiger partial charge in [-0.3, -0.25) is 4.79 Å². The molecule has 0 aliphatic heterocycles. The van der Waals surface area contributed by atoms with E-state index in [1.807, 2.05) is 30.3 Å². The van der Waals surface area contributed by atoms with E-state index in [9.17, 15) is 18.0 Å². The van der Waals surface area contributed by atoms with Gasteiger partial charge in [0.1, 0.15) is 13.2 Å². The molecule has 1 atom stereocenters. The molecule has 20 heavy (non-hydrogen) atoms.